The molecule has 4 rings (SSSR count). The van der Waals surface area contributed by atoms with Crippen molar-refractivity contribution in [2.75, 3.05) is 0 Å². The summed E-state index contributed by atoms with van der Waals surface area (Å²) in [5, 5.41) is 0. The van der Waals surface area contributed by atoms with Gasteiger partial charge in [-0.2, -0.15) is 4.31 Å². The van der Waals surface area contributed by atoms with Crippen molar-refractivity contribution in [2.24, 2.45) is 0 Å². The fourth-order valence-electron chi connectivity index (χ4n) is 3.58. The zero-order valence-electron chi connectivity index (χ0n) is 13.0. The average Bonchev–Trinajstić information content (AvgIpc) is 3.27. The van der Waals surface area contributed by atoms with Gasteiger partial charge in [-0.1, -0.05) is 30.3 Å². The summed E-state index contributed by atoms with van der Waals surface area (Å²) in [5.41, 5.74) is 2.06. The SMILES string of the molecule is O=S(=O)(c1c(F)cccc1F)N(C1CC1)C1CCc2ccccc21. The number of halogens is 2. The monoisotopic (exact) mass is 349 g/mol. The lowest BCUT2D eigenvalue weighted by molar-refractivity contribution is 0.311. The van der Waals surface area contributed by atoms with E-state index in [-0.39, 0.29) is 12.1 Å². The van der Waals surface area contributed by atoms with Crippen LogP contribution >= 0.6 is 0 Å². The van der Waals surface area contributed by atoms with E-state index in [1.54, 1.807) is 0 Å². The third-order valence-electron chi connectivity index (χ3n) is 4.77. The van der Waals surface area contributed by atoms with E-state index in [0.717, 1.165) is 42.5 Å². The number of sulfonamides is 1. The van der Waals surface area contributed by atoms with Crippen molar-refractivity contribution in [1.29, 1.82) is 0 Å². The summed E-state index contributed by atoms with van der Waals surface area (Å²) in [6, 6.07) is 10.3. The van der Waals surface area contributed by atoms with Crippen LogP contribution in [0.25, 0.3) is 0 Å². The van der Waals surface area contributed by atoms with Crippen LogP contribution in [0.15, 0.2) is 47.4 Å². The molecule has 1 saturated carbocycles. The van der Waals surface area contributed by atoms with Gasteiger partial charge < -0.3 is 0 Å². The molecule has 0 saturated heterocycles. The van der Waals surface area contributed by atoms with E-state index in [4.69, 9.17) is 0 Å². The Bertz CT molecular complexity index is 873. The molecule has 1 atom stereocenters. The van der Waals surface area contributed by atoms with E-state index in [0.29, 0.717) is 6.42 Å². The van der Waals surface area contributed by atoms with Gasteiger partial charge in [-0.05, 0) is 48.9 Å². The first-order valence-electron chi connectivity index (χ1n) is 8.05. The number of hydrogen-bond acceptors (Lipinski definition) is 2. The largest absolute Gasteiger partial charge is 0.249 e. The highest BCUT2D eigenvalue weighted by Crippen LogP contribution is 2.45. The highest BCUT2D eigenvalue weighted by atomic mass is 32.2. The molecule has 3 nitrogen and oxygen atoms in total. The summed E-state index contributed by atoms with van der Waals surface area (Å²) in [4.78, 5) is -0.832. The maximum absolute atomic E-state index is 14.1. The number of fused-ring (bicyclic) bond motifs is 1. The predicted octanol–water partition coefficient (Wildman–Crippen LogP) is 3.81. The molecule has 2 aromatic carbocycles. The van der Waals surface area contributed by atoms with Crippen LogP contribution in [0.4, 0.5) is 8.78 Å². The van der Waals surface area contributed by atoms with Crippen molar-refractivity contribution < 1.29 is 17.2 Å². The Balaban J connectivity index is 1.83. The minimum atomic E-state index is -4.24. The molecule has 24 heavy (non-hydrogen) atoms. The molecule has 0 amide bonds. The zero-order chi connectivity index (χ0) is 16.9. The van der Waals surface area contributed by atoms with Crippen LogP contribution in [0.5, 0.6) is 0 Å². The predicted molar refractivity (Wildman–Crippen MR) is 85.9 cm³/mol. The highest BCUT2D eigenvalue weighted by Gasteiger charge is 2.46. The van der Waals surface area contributed by atoms with Crippen molar-refractivity contribution in [2.45, 2.75) is 42.7 Å². The molecule has 126 valence electrons. The van der Waals surface area contributed by atoms with E-state index in [1.807, 2.05) is 24.3 Å². The first kappa shape index (κ1) is 15.7. The molecular weight excluding hydrogens is 332 g/mol. The van der Waals surface area contributed by atoms with Crippen molar-refractivity contribution in [1.82, 2.24) is 4.31 Å². The summed E-state index contributed by atoms with van der Waals surface area (Å²) in [7, 11) is -4.24. The normalized spacial score (nSPS) is 20.4. The highest BCUT2D eigenvalue weighted by molar-refractivity contribution is 7.89. The Hall–Kier alpha value is -1.79. The third kappa shape index (κ3) is 2.45. The number of benzene rings is 2. The maximum Gasteiger partial charge on any atom is 0.249 e. The van der Waals surface area contributed by atoms with Gasteiger partial charge in [-0.15, -0.1) is 0 Å². The molecule has 0 bridgehead atoms. The van der Waals surface area contributed by atoms with Gasteiger partial charge in [0.15, 0.2) is 4.90 Å². The molecule has 0 aliphatic heterocycles. The maximum atomic E-state index is 14.1. The molecular formula is C18H17F2NO2S. The molecule has 2 aliphatic carbocycles. The molecule has 0 radical (unpaired) electrons. The van der Waals surface area contributed by atoms with Crippen molar-refractivity contribution in [3.63, 3.8) is 0 Å². The van der Waals surface area contributed by atoms with Gasteiger partial charge in [0.2, 0.25) is 10.0 Å². The molecule has 6 heteroatoms. The van der Waals surface area contributed by atoms with Gasteiger partial charge >= 0.3 is 0 Å². The molecule has 0 N–H and O–H groups in total. The molecule has 1 unspecified atom stereocenters. The minimum Gasteiger partial charge on any atom is -0.207 e. The van der Waals surface area contributed by atoms with Gasteiger partial charge in [-0.3, -0.25) is 0 Å². The van der Waals surface area contributed by atoms with E-state index >= 15 is 0 Å². The van der Waals surface area contributed by atoms with Gasteiger partial charge in [-0.25, -0.2) is 17.2 Å². The van der Waals surface area contributed by atoms with Crippen molar-refractivity contribution in [3.8, 4) is 0 Å². The molecule has 2 aromatic rings. The smallest absolute Gasteiger partial charge is 0.207 e. The van der Waals surface area contributed by atoms with Gasteiger partial charge in [0, 0.05) is 6.04 Å². The van der Waals surface area contributed by atoms with Crippen LogP contribution in [-0.4, -0.2) is 18.8 Å². The Morgan fingerprint density at radius 3 is 2.25 bits per heavy atom. The lowest BCUT2D eigenvalue weighted by Gasteiger charge is -2.29. The fourth-order valence-corrected chi connectivity index (χ4v) is 5.58. The fraction of sp³-hybridized carbons (Fsp3) is 0.333. The zero-order valence-corrected chi connectivity index (χ0v) is 13.8. The summed E-state index contributed by atoms with van der Waals surface area (Å²) < 4.78 is 55.8. The minimum absolute atomic E-state index is 0.176. The Morgan fingerprint density at radius 2 is 1.58 bits per heavy atom. The second-order valence-electron chi connectivity index (χ2n) is 6.37. The van der Waals surface area contributed by atoms with E-state index in [1.165, 1.54) is 10.4 Å². The number of aryl methyl sites for hydroxylation is 1. The number of nitrogens with zero attached hydrogens (tertiary/aromatic N) is 1. The summed E-state index contributed by atoms with van der Waals surface area (Å²) >= 11 is 0. The van der Waals surface area contributed by atoms with Gasteiger partial charge in [0.05, 0.1) is 6.04 Å². The summed E-state index contributed by atoms with van der Waals surface area (Å²) in [6.07, 6.45) is 2.88. The Kier molecular flexibility index (Phi) is 3.69. The summed E-state index contributed by atoms with van der Waals surface area (Å²) in [6.45, 7) is 0. The average molecular weight is 349 g/mol. The Morgan fingerprint density at radius 1 is 0.917 bits per heavy atom. The first-order valence-corrected chi connectivity index (χ1v) is 9.49. The first-order chi connectivity index (χ1) is 11.5. The Labute approximate surface area is 140 Å². The van der Waals surface area contributed by atoms with E-state index < -0.39 is 26.6 Å². The van der Waals surface area contributed by atoms with Crippen LogP contribution in [0.1, 0.15) is 36.4 Å². The van der Waals surface area contributed by atoms with Crippen LogP contribution in [-0.2, 0) is 16.4 Å². The lowest BCUT2D eigenvalue weighted by atomic mass is 10.1. The lowest BCUT2D eigenvalue weighted by Crippen LogP contribution is -2.37. The third-order valence-corrected chi connectivity index (χ3v) is 6.78. The second kappa shape index (κ2) is 5.63. The van der Waals surface area contributed by atoms with Crippen molar-refractivity contribution >= 4 is 10.0 Å². The van der Waals surface area contributed by atoms with Crippen LogP contribution in [0.3, 0.4) is 0 Å². The molecule has 1 fully saturated rings. The van der Waals surface area contributed by atoms with Crippen molar-refractivity contribution in [3.05, 3.63) is 65.2 Å². The quantitative estimate of drug-likeness (QED) is 0.842. The van der Waals surface area contributed by atoms with E-state index in [2.05, 4.69) is 0 Å². The summed E-state index contributed by atoms with van der Waals surface area (Å²) in [5.74, 6) is -2.07. The van der Waals surface area contributed by atoms with Gasteiger partial charge in [0.1, 0.15) is 11.6 Å². The van der Waals surface area contributed by atoms with Crippen LogP contribution in [0, 0.1) is 11.6 Å². The molecule has 2 aliphatic rings. The topological polar surface area (TPSA) is 37.4 Å². The number of rotatable bonds is 4. The molecule has 0 spiro atoms. The molecule has 0 aromatic heterocycles. The van der Waals surface area contributed by atoms with E-state index in [9.17, 15) is 17.2 Å². The van der Waals surface area contributed by atoms with Crippen LogP contribution < -0.4 is 0 Å². The standard InChI is InChI=1S/C18H17F2NO2S/c19-15-6-3-7-16(20)18(15)24(22,23)21(13-9-10-13)17-11-8-12-4-1-2-5-14(12)17/h1-7,13,17H,8-11H2. The second-order valence-corrected chi connectivity index (χ2v) is 8.15. The number of hydrogen-bond donors (Lipinski definition) is 0. The van der Waals surface area contributed by atoms with Crippen LogP contribution in [0.2, 0.25) is 0 Å². The molecule has 0 heterocycles. The van der Waals surface area contributed by atoms with Gasteiger partial charge in [0.25, 0.3) is 0 Å².